The van der Waals surface area contributed by atoms with E-state index in [4.69, 9.17) is 18.9 Å². The average Bonchev–Trinajstić information content (AvgIpc) is 2.79. The SMILES string of the molecule is CCOC1C(C)[C@]23OCC(C)(C)[C@H]2OC(=O)[C@@]1(C(C)=O)O3. The summed E-state index contributed by atoms with van der Waals surface area (Å²) in [5, 5.41) is 0. The quantitative estimate of drug-likeness (QED) is 0.573. The first-order valence-electron chi connectivity index (χ1n) is 7.40. The minimum Gasteiger partial charge on any atom is -0.453 e. The van der Waals surface area contributed by atoms with Crippen LogP contribution >= 0.6 is 0 Å². The fourth-order valence-electron chi connectivity index (χ4n) is 3.86. The molecule has 0 radical (unpaired) electrons. The van der Waals surface area contributed by atoms with Gasteiger partial charge in [-0.1, -0.05) is 20.8 Å². The maximum atomic E-state index is 12.6. The molecule has 3 rings (SSSR count). The van der Waals surface area contributed by atoms with Crippen LogP contribution in [0.15, 0.2) is 0 Å². The van der Waals surface area contributed by atoms with E-state index in [2.05, 4.69) is 0 Å². The molecule has 0 aliphatic carbocycles. The lowest BCUT2D eigenvalue weighted by Gasteiger charge is -2.41. The molecular weight excluding hydrogens is 276 g/mol. The first-order chi connectivity index (χ1) is 9.72. The molecule has 3 heterocycles. The second kappa shape index (κ2) is 4.27. The van der Waals surface area contributed by atoms with Gasteiger partial charge in [-0.3, -0.25) is 4.79 Å². The molecule has 0 amide bonds. The summed E-state index contributed by atoms with van der Waals surface area (Å²) in [4.78, 5) is 24.8. The predicted octanol–water partition coefficient (Wildman–Crippen LogP) is 1.06. The highest BCUT2D eigenvalue weighted by Gasteiger charge is 2.79. The smallest absolute Gasteiger partial charge is 0.349 e. The van der Waals surface area contributed by atoms with E-state index >= 15 is 0 Å². The number of Topliss-reactive ketones (excluding diaryl/α,β-unsaturated/α-hetero) is 1. The molecule has 5 atom stereocenters. The molecule has 2 unspecified atom stereocenters. The van der Waals surface area contributed by atoms with E-state index < -0.39 is 35.3 Å². The molecule has 6 nitrogen and oxygen atoms in total. The van der Waals surface area contributed by atoms with Gasteiger partial charge in [0.2, 0.25) is 5.79 Å². The summed E-state index contributed by atoms with van der Waals surface area (Å²) in [6, 6.07) is 0. The van der Waals surface area contributed by atoms with Gasteiger partial charge in [0.15, 0.2) is 11.9 Å². The molecule has 2 bridgehead atoms. The first kappa shape index (κ1) is 14.9. The number of ether oxygens (including phenoxy) is 4. The second-order valence-electron chi connectivity index (χ2n) is 6.84. The third kappa shape index (κ3) is 1.58. The molecular formula is C15H22O6. The summed E-state index contributed by atoms with van der Waals surface area (Å²) in [6.07, 6.45) is -1.23. The highest BCUT2D eigenvalue weighted by Crippen LogP contribution is 2.58. The lowest BCUT2D eigenvalue weighted by Crippen LogP contribution is -2.62. The van der Waals surface area contributed by atoms with Crippen LogP contribution in [-0.2, 0) is 28.5 Å². The molecule has 3 aliphatic heterocycles. The lowest BCUT2D eigenvalue weighted by atomic mass is 9.80. The Morgan fingerprint density at radius 1 is 1.43 bits per heavy atom. The summed E-state index contributed by atoms with van der Waals surface area (Å²) in [5.74, 6) is -2.43. The second-order valence-corrected chi connectivity index (χ2v) is 6.84. The minimum atomic E-state index is -1.70. The van der Waals surface area contributed by atoms with E-state index in [9.17, 15) is 9.59 Å². The van der Waals surface area contributed by atoms with E-state index in [0.717, 1.165) is 0 Å². The normalized spacial score (nSPS) is 47.1. The Morgan fingerprint density at radius 2 is 2.10 bits per heavy atom. The zero-order valence-corrected chi connectivity index (χ0v) is 13.1. The van der Waals surface area contributed by atoms with Crippen molar-refractivity contribution in [1.82, 2.24) is 0 Å². The summed E-state index contributed by atoms with van der Waals surface area (Å²) in [5.41, 5.74) is -2.07. The molecule has 3 fully saturated rings. The van der Waals surface area contributed by atoms with Crippen molar-refractivity contribution in [3.05, 3.63) is 0 Å². The Kier molecular flexibility index (Phi) is 3.04. The highest BCUT2D eigenvalue weighted by molar-refractivity contribution is 6.08. The predicted molar refractivity (Wildman–Crippen MR) is 71.4 cm³/mol. The van der Waals surface area contributed by atoms with Gasteiger partial charge in [-0.05, 0) is 13.8 Å². The van der Waals surface area contributed by atoms with Gasteiger partial charge in [-0.25, -0.2) is 4.79 Å². The average molecular weight is 298 g/mol. The number of carbonyl (C=O) groups excluding carboxylic acids is 2. The zero-order chi connectivity index (χ0) is 15.6. The Morgan fingerprint density at radius 3 is 2.67 bits per heavy atom. The topological polar surface area (TPSA) is 71.1 Å². The molecule has 6 heteroatoms. The molecule has 0 aromatic carbocycles. The van der Waals surface area contributed by atoms with E-state index in [0.29, 0.717) is 13.2 Å². The van der Waals surface area contributed by atoms with Gasteiger partial charge < -0.3 is 18.9 Å². The van der Waals surface area contributed by atoms with Crippen LogP contribution in [0, 0.1) is 11.3 Å². The molecule has 3 saturated heterocycles. The van der Waals surface area contributed by atoms with Gasteiger partial charge in [-0.2, -0.15) is 0 Å². The molecule has 0 saturated carbocycles. The molecule has 0 aromatic heterocycles. The summed E-state index contributed by atoms with van der Waals surface area (Å²) >= 11 is 0. The number of rotatable bonds is 3. The van der Waals surface area contributed by atoms with Crippen molar-refractivity contribution >= 4 is 11.8 Å². The van der Waals surface area contributed by atoms with Crippen molar-refractivity contribution < 1.29 is 28.5 Å². The number of carbonyl (C=O) groups is 2. The number of fused-ring (bicyclic) bond motifs is 1. The van der Waals surface area contributed by atoms with Gasteiger partial charge in [0.1, 0.15) is 6.10 Å². The van der Waals surface area contributed by atoms with Crippen molar-refractivity contribution in [3.63, 3.8) is 0 Å². The Hall–Kier alpha value is -0.980. The highest BCUT2D eigenvalue weighted by atomic mass is 16.8. The molecule has 118 valence electrons. The van der Waals surface area contributed by atoms with E-state index in [1.165, 1.54) is 6.92 Å². The van der Waals surface area contributed by atoms with E-state index in [-0.39, 0.29) is 11.3 Å². The minimum absolute atomic E-state index is 0.278. The van der Waals surface area contributed by atoms with Crippen molar-refractivity contribution in [3.8, 4) is 0 Å². The standard InChI is InChI=1S/C15H22O6/c1-6-18-10-8(2)15-11(13(4,5)7-19-15)20-12(17)14(10,21-15)9(3)16/h8,10-11H,6-7H2,1-5H3/t8?,10?,11-,14+,15-/m1/s1. The van der Waals surface area contributed by atoms with Crippen LogP contribution in [0.1, 0.15) is 34.6 Å². The van der Waals surface area contributed by atoms with Crippen molar-refractivity contribution in [1.29, 1.82) is 0 Å². The number of esters is 1. The summed E-state index contributed by atoms with van der Waals surface area (Å²) in [6.45, 7) is 9.76. The van der Waals surface area contributed by atoms with Crippen LogP contribution in [0.2, 0.25) is 0 Å². The van der Waals surface area contributed by atoms with Gasteiger partial charge >= 0.3 is 5.97 Å². The Labute approximate surface area is 124 Å². The molecule has 1 spiro atoms. The van der Waals surface area contributed by atoms with Crippen molar-refractivity contribution in [2.45, 2.75) is 58.2 Å². The summed E-state index contributed by atoms with van der Waals surface area (Å²) < 4.78 is 23.3. The molecule has 0 N–H and O–H groups in total. The number of ketones is 1. The van der Waals surface area contributed by atoms with Gasteiger partial charge in [0, 0.05) is 17.9 Å². The first-order valence-corrected chi connectivity index (χ1v) is 7.40. The number of hydrogen-bond acceptors (Lipinski definition) is 6. The molecule has 3 aliphatic rings. The van der Waals surface area contributed by atoms with Crippen LogP contribution in [0.25, 0.3) is 0 Å². The van der Waals surface area contributed by atoms with Crippen LogP contribution < -0.4 is 0 Å². The third-order valence-corrected chi connectivity index (χ3v) is 4.95. The maximum absolute atomic E-state index is 12.6. The fraction of sp³-hybridized carbons (Fsp3) is 0.867. The van der Waals surface area contributed by atoms with Crippen LogP contribution in [-0.4, -0.2) is 48.6 Å². The van der Waals surface area contributed by atoms with E-state index in [1.807, 2.05) is 27.7 Å². The lowest BCUT2D eigenvalue weighted by molar-refractivity contribution is -0.301. The van der Waals surface area contributed by atoms with Crippen LogP contribution in [0.4, 0.5) is 0 Å². The number of hydrogen-bond donors (Lipinski definition) is 0. The molecule has 0 aromatic rings. The summed E-state index contributed by atoms with van der Waals surface area (Å²) in [7, 11) is 0. The van der Waals surface area contributed by atoms with E-state index in [1.54, 1.807) is 0 Å². The van der Waals surface area contributed by atoms with Crippen molar-refractivity contribution in [2.75, 3.05) is 13.2 Å². The van der Waals surface area contributed by atoms with Gasteiger partial charge in [0.25, 0.3) is 5.60 Å². The zero-order valence-electron chi connectivity index (χ0n) is 13.1. The van der Waals surface area contributed by atoms with Crippen LogP contribution in [0.5, 0.6) is 0 Å². The molecule has 21 heavy (non-hydrogen) atoms. The largest absolute Gasteiger partial charge is 0.453 e. The monoisotopic (exact) mass is 298 g/mol. The Bertz CT molecular complexity index is 500. The fourth-order valence-corrected chi connectivity index (χ4v) is 3.86. The maximum Gasteiger partial charge on any atom is 0.349 e. The third-order valence-electron chi connectivity index (χ3n) is 4.95. The van der Waals surface area contributed by atoms with Gasteiger partial charge in [0.05, 0.1) is 6.61 Å². The van der Waals surface area contributed by atoms with Crippen LogP contribution in [0.3, 0.4) is 0 Å². The van der Waals surface area contributed by atoms with Crippen molar-refractivity contribution in [2.24, 2.45) is 11.3 Å². The Balaban J connectivity index is 2.13. The van der Waals surface area contributed by atoms with Gasteiger partial charge in [-0.15, -0.1) is 0 Å².